The molecule has 0 bridgehead atoms. The van der Waals surface area contributed by atoms with E-state index in [1.54, 1.807) is 43.3 Å². The van der Waals surface area contributed by atoms with Gasteiger partial charge < -0.3 is 25.3 Å². The lowest BCUT2D eigenvalue weighted by Gasteiger charge is -2.14. The van der Waals surface area contributed by atoms with E-state index in [4.69, 9.17) is 4.74 Å². The van der Waals surface area contributed by atoms with E-state index < -0.39 is 22.1 Å². The smallest absolute Gasteiger partial charge is 0.352 e. The summed E-state index contributed by atoms with van der Waals surface area (Å²) in [6, 6.07) is 11.9. The molecule has 31 heavy (non-hydrogen) atoms. The number of benzene rings is 2. The maximum atomic E-state index is 11.3. The quantitative estimate of drug-likeness (QED) is 0.300. The number of aliphatic hydroxyl groups excluding tert-OH is 1. The number of hydrogen-bond donors (Lipinski definition) is 5. The summed E-state index contributed by atoms with van der Waals surface area (Å²) < 4.78 is 30.7. The van der Waals surface area contributed by atoms with E-state index in [0.717, 1.165) is 11.6 Å². The minimum atomic E-state index is -3.38. The Morgan fingerprint density at radius 3 is 2.71 bits per heavy atom. The minimum Gasteiger partial charge on any atom is -0.492 e. The molecule has 0 spiro atoms. The van der Waals surface area contributed by atoms with E-state index in [9.17, 15) is 23.4 Å². The molecule has 0 aliphatic heterocycles. The van der Waals surface area contributed by atoms with Crippen LogP contribution in [0.1, 0.15) is 27.7 Å². The fourth-order valence-corrected chi connectivity index (χ4v) is 3.80. The van der Waals surface area contributed by atoms with Gasteiger partial charge in [-0.1, -0.05) is 12.1 Å². The van der Waals surface area contributed by atoms with Crippen LogP contribution in [0.25, 0.3) is 10.9 Å². The molecule has 0 saturated carbocycles. The molecule has 5 N–H and O–H groups in total. The molecule has 1 unspecified atom stereocenters. The number of fused-ring (bicyclic) bond motifs is 1. The molecule has 0 saturated heterocycles. The normalized spacial score (nSPS) is 12.6. The largest absolute Gasteiger partial charge is 0.492 e. The summed E-state index contributed by atoms with van der Waals surface area (Å²) in [5.74, 6) is -0.399. The van der Waals surface area contributed by atoms with E-state index in [-0.39, 0.29) is 12.2 Å². The second kappa shape index (κ2) is 9.38. The Kier molecular flexibility index (Phi) is 6.84. The first-order chi connectivity index (χ1) is 14.6. The SMILES string of the molecule is Cc1c(C(=O)O)[nH]c2cc(OCCNCC(O)c3cccc(NS(C)(=O)=O)c3)ccc12. The third-order valence-electron chi connectivity index (χ3n) is 4.70. The molecule has 2 aromatic carbocycles. The van der Waals surface area contributed by atoms with Gasteiger partial charge in [0.15, 0.2) is 0 Å². The molecule has 3 aromatic rings. The molecule has 0 aliphatic carbocycles. The van der Waals surface area contributed by atoms with Crippen LogP contribution in [0, 0.1) is 6.92 Å². The van der Waals surface area contributed by atoms with Crippen molar-refractivity contribution in [3.63, 3.8) is 0 Å². The second-order valence-corrected chi connectivity index (χ2v) is 8.95. The van der Waals surface area contributed by atoms with E-state index in [1.165, 1.54) is 0 Å². The number of aryl methyl sites for hydroxylation is 1. The van der Waals surface area contributed by atoms with Crippen molar-refractivity contribution in [2.45, 2.75) is 13.0 Å². The highest BCUT2D eigenvalue weighted by molar-refractivity contribution is 7.92. The van der Waals surface area contributed by atoms with Crippen molar-refractivity contribution >= 4 is 32.6 Å². The summed E-state index contributed by atoms with van der Waals surface area (Å²) in [7, 11) is -3.38. The van der Waals surface area contributed by atoms with Gasteiger partial charge in [0.25, 0.3) is 0 Å². The highest BCUT2D eigenvalue weighted by Crippen LogP contribution is 2.25. The van der Waals surface area contributed by atoms with Crippen molar-refractivity contribution in [1.82, 2.24) is 10.3 Å². The molecule has 10 heteroatoms. The number of carbonyl (C=O) groups is 1. The predicted molar refractivity (Wildman–Crippen MR) is 118 cm³/mol. The Balaban J connectivity index is 1.49. The average Bonchev–Trinajstić information content (AvgIpc) is 3.03. The molecule has 1 atom stereocenters. The Bertz CT molecular complexity index is 1190. The van der Waals surface area contributed by atoms with Gasteiger partial charge in [0.05, 0.1) is 17.9 Å². The molecule has 9 nitrogen and oxygen atoms in total. The zero-order valence-corrected chi connectivity index (χ0v) is 18.0. The topological polar surface area (TPSA) is 141 Å². The van der Waals surface area contributed by atoms with Crippen LogP contribution in [-0.4, -0.2) is 55.5 Å². The van der Waals surface area contributed by atoms with Crippen LogP contribution >= 0.6 is 0 Å². The van der Waals surface area contributed by atoms with Crippen LogP contribution in [-0.2, 0) is 10.0 Å². The number of hydrogen-bond acceptors (Lipinski definition) is 6. The molecule has 1 heterocycles. The average molecular weight is 448 g/mol. The van der Waals surface area contributed by atoms with Gasteiger partial charge in [-0.25, -0.2) is 13.2 Å². The monoisotopic (exact) mass is 447 g/mol. The van der Waals surface area contributed by atoms with Gasteiger partial charge in [-0.3, -0.25) is 4.72 Å². The van der Waals surface area contributed by atoms with Crippen molar-refractivity contribution < 1.29 is 28.2 Å². The van der Waals surface area contributed by atoms with Crippen LogP contribution in [0.5, 0.6) is 5.75 Å². The minimum absolute atomic E-state index is 0.165. The Morgan fingerprint density at radius 1 is 1.23 bits per heavy atom. The standard InChI is InChI=1S/C21H25N3O6S/c1-13-17-7-6-16(11-18(17)23-20(13)21(26)27)30-9-8-22-12-19(25)14-4-3-5-15(10-14)24-31(2,28)29/h3-7,10-11,19,22-25H,8-9,12H2,1-2H3,(H,26,27). The lowest BCUT2D eigenvalue weighted by molar-refractivity contribution is 0.0690. The zero-order chi connectivity index (χ0) is 22.6. The number of aromatic amines is 1. The fourth-order valence-electron chi connectivity index (χ4n) is 3.24. The van der Waals surface area contributed by atoms with Crippen molar-refractivity contribution in [2.24, 2.45) is 0 Å². The summed E-state index contributed by atoms with van der Waals surface area (Å²) in [6.45, 7) is 2.84. The molecule has 0 amide bonds. The lowest BCUT2D eigenvalue weighted by Crippen LogP contribution is -2.26. The molecule has 166 valence electrons. The summed E-state index contributed by atoms with van der Waals surface area (Å²) in [5.41, 5.74) is 2.52. The van der Waals surface area contributed by atoms with Gasteiger partial charge >= 0.3 is 5.97 Å². The Hall–Kier alpha value is -3.08. The third kappa shape index (κ3) is 5.97. The number of anilines is 1. The number of aliphatic hydroxyl groups is 1. The molecule has 0 fully saturated rings. The third-order valence-corrected chi connectivity index (χ3v) is 5.31. The van der Waals surface area contributed by atoms with Crippen molar-refractivity contribution in [1.29, 1.82) is 0 Å². The highest BCUT2D eigenvalue weighted by atomic mass is 32.2. The Morgan fingerprint density at radius 2 is 2.00 bits per heavy atom. The summed E-state index contributed by atoms with van der Waals surface area (Å²) in [6.07, 6.45) is 0.256. The lowest BCUT2D eigenvalue weighted by atomic mass is 10.1. The van der Waals surface area contributed by atoms with Crippen LogP contribution in [0.15, 0.2) is 42.5 Å². The van der Waals surface area contributed by atoms with Gasteiger partial charge in [0.1, 0.15) is 18.1 Å². The number of aromatic nitrogens is 1. The number of carboxylic acids is 1. The van der Waals surface area contributed by atoms with Crippen LogP contribution in [0.3, 0.4) is 0 Å². The molecule has 3 rings (SSSR count). The number of aromatic carboxylic acids is 1. The summed E-state index contributed by atoms with van der Waals surface area (Å²) in [4.78, 5) is 14.1. The summed E-state index contributed by atoms with van der Waals surface area (Å²) in [5, 5.41) is 23.4. The molecular formula is C21H25N3O6S. The van der Waals surface area contributed by atoms with Gasteiger partial charge in [-0.2, -0.15) is 0 Å². The van der Waals surface area contributed by atoms with Gasteiger partial charge in [-0.15, -0.1) is 0 Å². The van der Waals surface area contributed by atoms with Crippen molar-refractivity contribution in [3.05, 3.63) is 59.3 Å². The second-order valence-electron chi connectivity index (χ2n) is 7.21. The van der Waals surface area contributed by atoms with E-state index >= 15 is 0 Å². The van der Waals surface area contributed by atoms with Gasteiger partial charge in [-0.05, 0) is 42.3 Å². The number of carboxylic acid groups (broad SMARTS) is 1. The van der Waals surface area contributed by atoms with Crippen LogP contribution in [0.2, 0.25) is 0 Å². The van der Waals surface area contributed by atoms with E-state index in [2.05, 4.69) is 15.0 Å². The maximum Gasteiger partial charge on any atom is 0.352 e. The predicted octanol–water partition coefficient (Wildman–Crippen LogP) is 2.25. The first kappa shape index (κ1) is 22.6. The summed E-state index contributed by atoms with van der Waals surface area (Å²) >= 11 is 0. The number of rotatable bonds is 10. The molecule has 1 aromatic heterocycles. The first-order valence-corrected chi connectivity index (χ1v) is 11.5. The molecule has 0 radical (unpaired) electrons. The van der Waals surface area contributed by atoms with Crippen molar-refractivity contribution in [3.8, 4) is 5.75 Å². The van der Waals surface area contributed by atoms with E-state index in [0.29, 0.717) is 41.2 Å². The van der Waals surface area contributed by atoms with E-state index in [1.807, 2.05) is 6.07 Å². The highest BCUT2D eigenvalue weighted by Gasteiger charge is 2.14. The van der Waals surface area contributed by atoms with Crippen LogP contribution in [0.4, 0.5) is 5.69 Å². The number of sulfonamides is 1. The fraction of sp³-hybridized carbons (Fsp3) is 0.286. The number of nitrogens with one attached hydrogen (secondary N) is 3. The number of H-pyrrole nitrogens is 1. The molecular weight excluding hydrogens is 422 g/mol. The maximum absolute atomic E-state index is 11.3. The van der Waals surface area contributed by atoms with Crippen molar-refractivity contribution in [2.75, 3.05) is 30.7 Å². The van der Waals surface area contributed by atoms with Crippen LogP contribution < -0.4 is 14.8 Å². The first-order valence-electron chi connectivity index (χ1n) is 9.59. The molecule has 0 aliphatic rings. The Labute approximate surface area is 180 Å². The zero-order valence-electron chi connectivity index (χ0n) is 17.2. The number of ether oxygens (including phenoxy) is 1. The van der Waals surface area contributed by atoms with Gasteiger partial charge in [0.2, 0.25) is 10.0 Å². The van der Waals surface area contributed by atoms with Gasteiger partial charge in [0, 0.05) is 30.2 Å².